The summed E-state index contributed by atoms with van der Waals surface area (Å²) in [5.41, 5.74) is 1.81. The van der Waals surface area contributed by atoms with Crippen molar-refractivity contribution in [2.45, 2.75) is 19.9 Å². The molecule has 116 valence electrons. The number of aryl methyl sites for hydroxylation is 1. The van der Waals surface area contributed by atoms with Crippen molar-refractivity contribution in [2.24, 2.45) is 0 Å². The molecule has 1 aromatic carbocycles. The van der Waals surface area contributed by atoms with Crippen molar-refractivity contribution in [1.82, 2.24) is 9.55 Å². The van der Waals surface area contributed by atoms with E-state index < -0.39 is 0 Å². The molecular formula is C18H16N2O2S. The van der Waals surface area contributed by atoms with E-state index in [0.29, 0.717) is 5.39 Å². The van der Waals surface area contributed by atoms with E-state index in [1.165, 1.54) is 10.9 Å². The fourth-order valence-electron chi connectivity index (χ4n) is 2.62. The average molecular weight is 324 g/mol. The van der Waals surface area contributed by atoms with Gasteiger partial charge >= 0.3 is 0 Å². The molecule has 0 bridgehead atoms. The Balaban J connectivity index is 2.35. The molecule has 0 radical (unpaired) electrons. The maximum atomic E-state index is 12.8. The number of fused-ring (bicyclic) bond motifs is 1. The number of terminal acetylenes is 1. The molecule has 23 heavy (non-hydrogen) atoms. The lowest BCUT2D eigenvalue weighted by Gasteiger charge is -2.07. The lowest BCUT2D eigenvalue weighted by molar-refractivity contribution is 0.415. The van der Waals surface area contributed by atoms with E-state index in [9.17, 15) is 4.79 Å². The van der Waals surface area contributed by atoms with Crippen LogP contribution < -0.4 is 10.3 Å². The summed E-state index contributed by atoms with van der Waals surface area (Å²) in [6.45, 7) is 2.30. The van der Waals surface area contributed by atoms with E-state index in [1.807, 2.05) is 24.3 Å². The zero-order valence-electron chi connectivity index (χ0n) is 13.0. The van der Waals surface area contributed by atoms with E-state index in [-0.39, 0.29) is 12.1 Å². The van der Waals surface area contributed by atoms with Crippen LogP contribution in [0.2, 0.25) is 0 Å². The Labute approximate surface area is 138 Å². The molecule has 0 spiro atoms. The topological polar surface area (TPSA) is 44.1 Å². The van der Waals surface area contributed by atoms with Crippen molar-refractivity contribution in [3.63, 3.8) is 0 Å². The first-order valence-corrected chi connectivity index (χ1v) is 8.10. The van der Waals surface area contributed by atoms with Crippen LogP contribution in [0, 0.1) is 12.3 Å². The lowest BCUT2D eigenvalue weighted by Crippen LogP contribution is -2.19. The Kier molecular flexibility index (Phi) is 4.18. The number of aromatic nitrogens is 2. The predicted octanol–water partition coefficient (Wildman–Crippen LogP) is 3.33. The number of ether oxygens (including phenoxy) is 1. The quantitative estimate of drug-likeness (QED) is 0.692. The standard InChI is InChI=1S/C18H16N2O2S/c1-4-9-20-11-19-17-16(18(20)21)15(14(5-2)23-17)12-7-6-8-13(10-12)22-3/h1,6-8,10-11H,5,9H2,2-3H3. The van der Waals surface area contributed by atoms with Crippen molar-refractivity contribution >= 4 is 21.6 Å². The molecular weight excluding hydrogens is 308 g/mol. The van der Waals surface area contributed by atoms with Crippen LogP contribution in [0.25, 0.3) is 21.3 Å². The van der Waals surface area contributed by atoms with Crippen LogP contribution in [0.15, 0.2) is 35.4 Å². The molecule has 3 aromatic rings. The third-order valence-corrected chi connectivity index (χ3v) is 4.93. The number of hydrogen-bond acceptors (Lipinski definition) is 4. The summed E-state index contributed by atoms with van der Waals surface area (Å²) in [6, 6.07) is 7.74. The van der Waals surface area contributed by atoms with Crippen molar-refractivity contribution in [2.75, 3.05) is 7.11 Å². The molecule has 0 atom stereocenters. The molecule has 3 rings (SSSR count). The monoisotopic (exact) mass is 324 g/mol. The van der Waals surface area contributed by atoms with Gasteiger partial charge < -0.3 is 4.74 Å². The highest BCUT2D eigenvalue weighted by Gasteiger charge is 2.18. The van der Waals surface area contributed by atoms with Gasteiger partial charge in [-0.3, -0.25) is 9.36 Å². The van der Waals surface area contributed by atoms with Crippen molar-refractivity contribution < 1.29 is 4.74 Å². The largest absolute Gasteiger partial charge is 0.497 e. The van der Waals surface area contributed by atoms with Gasteiger partial charge in [0.05, 0.1) is 25.4 Å². The first kappa shape index (κ1) is 15.3. The molecule has 0 aliphatic rings. The van der Waals surface area contributed by atoms with Crippen LogP contribution in [-0.4, -0.2) is 16.7 Å². The molecule has 0 saturated carbocycles. The zero-order chi connectivity index (χ0) is 16.4. The van der Waals surface area contributed by atoms with Gasteiger partial charge in [0.25, 0.3) is 5.56 Å². The fourth-order valence-corrected chi connectivity index (χ4v) is 3.71. The number of hydrogen-bond donors (Lipinski definition) is 0. The summed E-state index contributed by atoms with van der Waals surface area (Å²) >= 11 is 1.56. The van der Waals surface area contributed by atoms with Crippen LogP contribution in [0.4, 0.5) is 0 Å². The number of methoxy groups -OCH3 is 1. The second kappa shape index (κ2) is 6.27. The van der Waals surface area contributed by atoms with E-state index in [0.717, 1.165) is 33.0 Å². The van der Waals surface area contributed by atoms with E-state index in [2.05, 4.69) is 17.8 Å². The van der Waals surface area contributed by atoms with Gasteiger partial charge in [-0.25, -0.2) is 4.98 Å². The van der Waals surface area contributed by atoms with Gasteiger partial charge in [0.1, 0.15) is 10.6 Å². The van der Waals surface area contributed by atoms with E-state index >= 15 is 0 Å². The molecule has 0 N–H and O–H groups in total. The minimum absolute atomic E-state index is 0.0956. The highest BCUT2D eigenvalue weighted by Crippen LogP contribution is 2.37. The van der Waals surface area contributed by atoms with Crippen molar-refractivity contribution in [1.29, 1.82) is 0 Å². The number of nitrogens with zero attached hydrogens (tertiary/aromatic N) is 2. The summed E-state index contributed by atoms with van der Waals surface area (Å²) in [5, 5.41) is 0.637. The van der Waals surface area contributed by atoms with Gasteiger partial charge in [0.2, 0.25) is 0 Å². The van der Waals surface area contributed by atoms with Gasteiger partial charge in [-0.15, -0.1) is 17.8 Å². The van der Waals surface area contributed by atoms with E-state index in [4.69, 9.17) is 11.2 Å². The number of thiophene rings is 1. The normalized spacial score (nSPS) is 10.7. The fraction of sp³-hybridized carbons (Fsp3) is 0.222. The Bertz CT molecular complexity index is 963. The van der Waals surface area contributed by atoms with Crippen LogP contribution >= 0.6 is 11.3 Å². The van der Waals surface area contributed by atoms with Crippen LogP contribution in [0.1, 0.15) is 11.8 Å². The van der Waals surface area contributed by atoms with Gasteiger partial charge in [0.15, 0.2) is 0 Å². The first-order valence-electron chi connectivity index (χ1n) is 7.28. The third kappa shape index (κ3) is 2.62. The minimum atomic E-state index is -0.0956. The zero-order valence-corrected chi connectivity index (χ0v) is 13.8. The van der Waals surface area contributed by atoms with Gasteiger partial charge in [-0.05, 0) is 24.1 Å². The maximum Gasteiger partial charge on any atom is 0.263 e. The number of rotatable bonds is 4. The predicted molar refractivity (Wildman–Crippen MR) is 94.1 cm³/mol. The molecule has 4 nitrogen and oxygen atoms in total. The Morgan fingerprint density at radius 1 is 1.43 bits per heavy atom. The van der Waals surface area contributed by atoms with Crippen molar-refractivity contribution in [3.8, 4) is 29.2 Å². The van der Waals surface area contributed by atoms with Crippen LogP contribution in [-0.2, 0) is 13.0 Å². The summed E-state index contributed by atoms with van der Waals surface area (Å²) in [4.78, 5) is 19.1. The SMILES string of the molecule is C#CCn1cnc2sc(CC)c(-c3cccc(OC)c3)c2c1=O. The number of benzene rings is 1. The summed E-state index contributed by atoms with van der Waals surface area (Å²) < 4.78 is 6.78. The first-order chi connectivity index (χ1) is 11.2. The Hall–Kier alpha value is -2.58. The Morgan fingerprint density at radius 3 is 2.96 bits per heavy atom. The molecule has 5 heteroatoms. The highest BCUT2D eigenvalue weighted by atomic mass is 32.1. The molecule has 0 saturated heterocycles. The summed E-state index contributed by atoms with van der Waals surface area (Å²) in [7, 11) is 1.63. The molecule has 0 aliphatic heterocycles. The lowest BCUT2D eigenvalue weighted by atomic mass is 10.0. The van der Waals surface area contributed by atoms with Gasteiger partial charge in [0, 0.05) is 10.4 Å². The smallest absolute Gasteiger partial charge is 0.263 e. The second-order valence-electron chi connectivity index (χ2n) is 5.05. The highest BCUT2D eigenvalue weighted by molar-refractivity contribution is 7.19. The van der Waals surface area contributed by atoms with Gasteiger partial charge in [-0.2, -0.15) is 0 Å². The molecule has 2 heterocycles. The third-order valence-electron chi connectivity index (χ3n) is 3.69. The molecule has 0 unspecified atom stereocenters. The summed E-state index contributed by atoms with van der Waals surface area (Å²) in [6.07, 6.45) is 7.70. The Morgan fingerprint density at radius 2 is 2.26 bits per heavy atom. The minimum Gasteiger partial charge on any atom is -0.497 e. The van der Waals surface area contributed by atoms with Crippen molar-refractivity contribution in [3.05, 3.63) is 45.8 Å². The molecule has 2 aromatic heterocycles. The molecule has 0 aliphatic carbocycles. The van der Waals surface area contributed by atoms with Crippen LogP contribution in [0.3, 0.4) is 0 Å². The van der Waals surface area contributed by atoms with Gasteiger partial charge in [-0.1, -0.05) is 25.0 Å². The van der Waals surface area contributed by atoms with Crippen LogP contribution in [0.5, 0.6) is 5.75 Å². The second-order valence-corrected chi connectivity index (χ2v) is 6.13. The molecule has 0 amide bonds. The maximum absolute atomic E-state index is 12.8. The average Bonchev–Trinajstić information content (AvgIpc) is 2.97. The summed E-state index contributed by atoms with van der Waals surface area (Å²) in [5.74, 6) is 3.26. The van der Waals surface area contributed by atoms with E-state index in [1.54, 1.807) is 18.4 Å². The molecule has 0 fully saturated rings.